The monoisotopic (exact) mass is 382 g/mol. The standard InChI is InChI=1S/C21H19ClN2OS/c1-14-10-11-15-6-2-5-9-19(15)24(14)20(25)12-16-13-26-21(23-16)17-7-3-4-8-18(17)22/h2-9,13-14H,10-12H2,1H3/t14-/m0/s1. The molecular weight excluding hydrogens is 364 g/mol. The lowest BCUT2D eigenvalue weighted by atomic mass is 9.96. The van der Waals surface area contributed by atoms with E-state index in [1.807, 2.05) is 52.7 Å². The Morgan fingerprint density at radius 1 is 1.23 bits per heavy atom. The van der Waals surface area contributed by atoms with Crippen LogP contribution in [0.3, 0.4) is 0 Å². The van der Waals surface area contributed by atoms with Gasteiger partial charge in [-0.3, -0.25) is 4.79 Å². The van der Waals surface area contributed by atoms with Crippen LogP contribution in [0.1, 0.15) is 24.6 Å². The van der Waals surface area contributed by atoms with Crippen LogP contribution < -0.4 is 4.90 Å². The van der Waals surface area contributed by atoms with Gasteiger partial charge in [-0.25, -0.2) is 4.98 Å². The molecule has 0 unspecified atom stereocenters. The van der Waals surface area contributed by atoms with Gasteiger partial charge in [0.2, 0.25) is 5.91 Å². The summed E-state index contributed by atoms with van der Waals surface area (Å²) in [7, 11) is 0. The van der Waals surface area contributed by atoms with Crippen LogP contribution >= 0.6 is 22.9 Å². The van der Waals surface area contributed by atoms with Gasteiger partial charge in [0, 0.05) is 22.7 Å². The Morgan fingerprint density at radius 3 is 2.85 bits per heavy atom. The number of carbonyl (C=O) groups is 1. The molecule has 4 rings (SSSR count). The number of thiazole rings is 1. The molecule has 3 aromatic rings. The summed E-state index contributed by atoms with van der Waals surface area (Å²) in [6, 6.07) is 16.0. The average Bonchev–Trinajstić information content (AvgIpc) is 3.10. The normalized spacial score (nSPS) is 16.4. The molecule has 0 saturated heterocycles. The van der Waals surface area contributed by atoms with Crippen molar-refractivity contribution in [2.75, 3.05) is 4.90 Å². The van der Waals surface area contributed by atoms with E-state index in [1.54, 1.807) is 0 Å². The molecule has 1 aliphatic rings. The zero-order chi connectivity index (χ0) is 18.1. The number of hydrogen-bond acceptors (Lipinski definition) is 3. The molecule has 1 aliphatic heterocycles. The molecule has 5 heteroatoms. The second kappa shape index (κ2) is 7.22. The van der Waals surface area contributed by atoms with E-state index in [-0.39, 0.29) is 11.9 Å². The maximum Gasteiger partial charge on any atom is 0.233 e. The molecule has 2 heterocycles. The summed E-state index contributed by atoms with van der Waals surface area (Å²) in [5, 5.41) is 3.49. The fourth-order valence-electron chi connectivity index (χ4n) is 3.45. The molecule has 132 valence electrons. The molecule has 3 nitrogen and oxygen atoms in total. The Morgan fingerprint density at radius 2 is 2.00 bits per heavy atom. The van der Waals surface area contributed by atoms with Crippen molar-refractivity contribution < 1.29 is 4.79 Å². The summed E-state index contributed by atoms with van der Waals surface area (Å²) in [5.74, 6) is 0.0978. The van der Waals surface area contributed by atoms with E-state index in [1.165, 1.54) is 16.9 Å². The molecule has 26 heavy (non-hydrogen) atoms. The summed E-state index contributed by atoms with van der Waals surface area (Å²) in [4.78, 5) is 19.6. The molecule has 0 saturated carbocycles. The second-order valence-corrected chi connectivity index (χ2v) is 7.85. The number of anilines is 1. The number of para-hydroxylation sites is 1. The van der Waals surface area contributed by atoms with Crippen molar-refractivity contribution in [3.8, 4) is 10.6 Å². The van der Waals surface area contributed by atoms with Crippen molar-refractivity contribution in [3.05, 3.63) is 70.2 Å². The summed E-state index contributed by atoms with van der Waals surface area (Å²) in [6.45, 7) is 2.12. The van der Waals surface area contributed by atoms with Gasteiger partial charge in [-0.05, 0) is 37.5 Å². The van der Waals surface area contributed by atoms with Crippen LogP contribution in [0.5, 0.6) is 0 Å². The number of halogens is 1. The van der Waals surface area contributed by atoms with E-state index in [2.05, 4.69) is 18.0 Å². The highest BCUT2D eigenvalue weighted by molar-refractivity contribution is 7.13. The minimum Gasteiger partial charge on any atom is -0.309 e. The number of benzene rings is 2. The largest absolute Gasteiger partial charge is 0.309 e. The first-order valence-corrected chi connectivity index (χ1v) is 9.98. The van der Waals surface area contributed by atoms with Gasteiger partial charge in [-0.2, -0.15) is 0 Å². The quantitative estimate of drug-likeness (QED) is 0.609. The fraction of sp³-hybridized carbons (Fsp3) is 0.238. The van der Waals surface area contributed by atoms with Crippen molar-refractivity contribution in [3.63, 3.8) is 0 Å². The number of nitrogens with zero attached hydrogens (tertiary/aromatic N) is 2. The first-order chi connectivity index (χ1) is 12.6. The van der Waals surface area contributed by atoms with Crippen LogP contribution in [-0.4, -0.2) is 16.9 Å². The lowest BCUT2D eigenvalue weighted by molar-refractivity contribution is -0.118. The molecule has 0 aliphatic carbocycles. The molecule has 2 aromatic carbocycles. The van der Waals surface area contributed by atoms with Gasteiger partial charge < -0.3 is 4.90 Å². The van der Waals surface area contributed by atoms with Crippen molar-refractivity contribution in [2.24, 2.45) is 0 Å². The second-order valence-electron chi connectivity index (χ2n) is 6.58. The number of carbonyl (C=O) groups excluding carboxylic acids is 1. The Bertz CT molecular complexity index is 952. The van der Waals surface area contributed by atoms with Gasteiger partial charge in [0.05, 0.1) is 17.1 Å². The van der Waals surface area contributed by atoms with Gasteiger partial charge in [-0.15, -0.1) is 11.3 Å². The third-order valence-corrected chi connectivity index (χ3v) is 6.03. The van der Waals surface area contributed by atoms with E-state index < -0.39 is 0 Å². The van der Waals surface area contributed by atoms with Crippen LogP contribution in [0.2, 0.25) is 5.02 Å². The van der Waals surface area contributed by atoms with Crippen molar-refractivity contribution >= 4 is 34.5 Å². The number of rotatable bonds is 3. The van der Waals surface area contributed by atoms with Crippen molar-refractivity contribution in [1.29, 1.82) is 0 Å². The average molecular weight is 383 g/mol. The first kappa shape index (κ1) is 17.3. The maximum atomic E-state index is 13.0. The molecule has 0 spiro atoms. The predicted octanol–water partition coefficient (Wildman–Crippen LogP) is 5.37. The number of fused-ring (bicyclic) bond motifs is 1. The highest BCUT2D eigenvalue weighted by Gasteiger charge is 2.28. The van der Waals surface area contributed by atoms with Gasteiger partial charge in [0.25, 0.3) is 0 Å². The summed E-state index contributed by atoms with van der Waals surface area (Å²) >= 11 is 7.79. The van der Waals surface area contributed by atoms with Crippen LogP contribution in [0.4, 0.5) is 5.69 Å². The van der Waals surface area contributed by atoms with E-state index in [4.69, 9.17) is 11.6 Å². The highest BCUT2D eigenvalue weighted by Crippen LogP contribution is 2.32. The summed E-state index contributed by atoms with van der Waals surface area (Å²) in [5.41, 5.74) is 3.99. The highest BCUT2D eigenvalue weighted by atomic mass is 35.5. The smallest absolute Gasteiger partial charge is 0.233 e. The first-order valence-electron chi connectivity index (χ1n) is 8.73. The lowest BCUT2D eigenvalue weighted by Gasteiger charge is -2.35. The number of aryl methyl sites for hydroxylation is 1. The van der Waals surface area contributed by atoms with Gasteiger partial charge in [0.15, 0.2) is 0 Å². The molecule has 0 bridgehead atoms. The Labute approximate surface area is 162 Å². The van der Waals surface area contributed by atoms with Crippen LogP contribution in [0, 0.1) is 0 Å². The molecule has 0 N–H and O–H groups in total. The van der Waals surface area contributed by atoms with Gasteiger partial charge in [-0.1, -0.05) is 48.0 Å². The molecule has 1 amide bonds. The number of aromatic nitrogens is 1. The number of hydrogen-bond donors (Lipinski definition) is 0. The van der Waals surface area contributed by atoms with Gasteiger partial charge >= 0.3 is 0 Å². The van der Waals surface area contributed by atoms with Gasteiger partial charge in [0.1, 0.15) is 5.01 Å². The number of amides is 1. The molecule has 1 aromatic heterocycles. The molecule has 0 radical (unpaired) electrons. The zero-order valence-corrected chi connectivity index (χ0v) is 16.1. The third-order valence-electron chi connectivity index (χ3n) is 4.78. The minimum atomic E-state index is 0.0978. The zero-order valence-electron chi connectivity index (χ0n) is 14.5. The van der Waals surface area contributed by atoms with Crippen LogP contribution in [0.25, 0.3) is 10.6 Å². The Kier molecular flexibility index (Phi) is 4.79. The van der Waals surface area contributed by atoms with Crippen LogP contribution in [-0.2, 0) is 17.6 Å². The minimum absolute atomic E-state index is 0.0978. The van der Waals surface area contributed by atoms with Crippen LogP contribution in [0.15, 0.2) is 53.9 Å². The van der Waals surface area contributed by atoms with Crippen molar-refractivity contribution in [1.82, 2.24) is 4.98 Å². The Hall–Kier alpha value is -2.17. The summed E-state index contributed by atoms with van der Waals surface area (Å²) in [6.07, 6.45) is 2.32. The topological polar surface area (TPSA) is 33.2 Å². The van der Waals surface area contributed by atoms with Crippen molar-refractivity contribution in [2.45, 2.75) is 32.2 Å². The molecule has 0 fully saturated rings. The molecular formula is C21H19ClN2OS. The Balaban J connectivity index is 1.57. The fourth-order valence-corrected chi connectivity index (χ4v) is 4.59. The molecule has 1 atom stereocenters. The lowest BCUT2D eigenvalue weighted by Crippen LogP contribution is -2.43. The summed E-state index contributed by atoms with van der Waals surface area (Å²) < 4.78 is 0. The van der Waals surface area contributed by atoms with E-state index in [0.29, 0.717) is 11.4 Å². The predicted molar refractivity (Wildman–Crippen MR) is 108 cm³/mol. The van der Waals surface area contributed by atoms with E-state index in [0.717, 1.165) is 34.8 Å². The third kappa shape index (κ3) is 3.27. The SMILES string of the molecule is C[C@H]1CCc2ccccc2N1C(=O)Cc1csc(-c2ccccc2Cl)n1. The maximum absolute atomic E-state index is 13.0. The van der Waals surface area contributed by atoms with E-state index in [9.17, 15) is 4.79 Å². The van der Waals surface area contributed by atoms with E-state index >= 15 is 0 Å².